The molecule has 1 amide bonds. The fraction of sp³-hybridized carbons (Fsp3) is 0.318. The molecule has 9 heteroatoms. The van der Waals surface area contributed by atoms with Crippen LogP contribution in [0.1, 0.15) is 48.4 Å². The second-order valence-electron chi connectivity index (χ2n) is 7.25. The number of aromatic nitrogens is 3. The zero-order valence-electron chi connectivity index (χ0n) is 17.9. The Labute approximate surface area is 186 Å². The molecule has 0 saturated carbocycles. The third-order valence-corrected chi connectivity index (χ3v) is 4.89. The van der Waals surface area contributed by atoms with Gasteiger partial charge in [-0.25, -0.2) is 9.67 Å². The van der Waals surface area contributed by atoms with Crippen LogP contribution in [-0.4, -0.2) is 27.3 Å². The van der Waals surface area contributed by atoms with Crippen molar-refractivity contribution < 1.29 is 9.53 Å². The first-order valence-corrected chi connectivity index (χ1v) is 10.5. The molecule has 31 heavy (non-hydrogen) atoms. The topological polar surface area (TPSA) is 107 Å². The van der Waals surface area contributed by atoms with Crippen LogP contribution < -0.4 is 16.4 Å². The Morgan fingerprint density at radius 3 is 2.77 bits per heavy atom. The number of primary amides is 1. The van der Waals surface area contributed by atoms with Crippen LogP contribution in [-0.2, 0) is 17.9 Å². The standard InChI is InChI=1S/C22H27ClN6O2/c1-4-31-13-16-9-21(29(28-16)14(2)3)27-20-10-19(18(23)12-26-20)25-11-15-7-5-6-8-17(15)22(24)30/h5-10,12,14H,4,11,13H2,1-3H3,(H2,24,30)(H2,25,26,27). The summed E-state index contributed by atoms with van der Waals surface area (Å²) in [4.78, 5) is 16.0. The fourth-order valence-electron chi connectivity index (χ4n) is 3.09. The molecule has 164 valence electrons. The van der Waals surface area contributed by atoms with E-state index in [1.165, 1.54) is 0 Å². The highest BCUT2D eigenvalue weighted by Gasteiger charge is 2.13. The Morgan fingerprint density at radius 2 is 2.06 bits per heavy atom. The van der Waals surface area contributed by atoms with Crippen molar-refractivity contribution in [3.63, 3.8) is 0 Å². The molecule has 0 radical (unpaired) electrons. The minimum atomic E-state index is -0.467. The molecule has 2 aromatic heterocycles. The molecule has 0 spiro atoms. The Bertz CT molecular complexity index is 1050. The maximum atomic E-state index is 11.6. The number of nitrogens with two attached hydrogens (primary N) is 1. The van der Waals surface area contributed by atoms with Crippen LogP contribution in [0.15, 0.2) is 42.6 Å². The zero-order chi connectivity index (χ0) is 22.4. The second-order valence-corrected chi connectivity index (χ2v) is 7.65. The average molecular weight is 443 g/mol. The number of carbonyl (C=O) groups excluding carboxylic acids is 1. The van der Waals surface area contributed by atoms with E-state index in [1.54, 1.807) is 18.3 Å². The van der Waals surface area contributed by atoms with E-state index in [9.17, 15) is 4.79 Å². The lowest BCUT2D eigenvalue weighted by Gasteiger charge is -2.14. The van der Waals surface area contributed by atoms with Crippen molar-refractivity contribution in [1.29, 1.82) is 0 Å². The van der Waals surface area contributed by atoms with Gasteiger partial charge in [0.2, 0.25) is 5.91 Å². The summed E-state index contributed by atoms with van der Waals surface area (Å²) < 4.78 is 7.36. The van der Waals surface area contributed by atoms with Crippen LogP contribution >= 0.6 is 11.6 Å². The number of ether oxygens (including phenoxy) is 1. The largest absolute Gasteiger partial charge is 0.380 e. The summed E-state index contributed by atoms with van der Waals surface area (Å²) in [7, 11) is 0. The van der Waals surface area contributed by atoms with Gasteiger partial charge in [0.15, 0.2) is 0 Å². The van der Waals surface area contributed by atoms with E-state index in [2.05, 4.69) is 34.6 Å². The SMILES string of the molecule is CCOCc1cc(Nc2cc(NCc3ccccc3C(N)=O)c(Cl)cn2)n(C(C)C)n1. The number of nitrogens with one attached hydrogen (secondary N) is 2. The van der Waals surface area contributed by atoms with Gasteiger partial charge in [-0.15, -0.1) is 0 Å². The molecular weight excluding hydrogens is 416 g/mol. The number of anilines is 3. The number of carbonyl (C=O) groups is 1. The van der Waals surface area contributed by atoms with Crippen LogP contribution in [0.4, 0.5) is 17.3 Å². The minimum absolute atomic E-state index is 0.160. The van der Waals surface area contributed by atoms with Gasteiger partial charge in [-0.2, -0.15) is 5.10 Å². The highest BCUT2D eigenvalue weighted by Crippen LogP contribution is 2.27. The van der Waals surface area contributed by atoms with Gasteiger partial charge in [0.25, 0.3) is 0 Å². The number of hydrogen-bond acceptors (Lipinski definition) is 6. The van der Waals surface area contributed by atoms with Gasteiger partial charge in [0.05, 0.1) is 29.2 Å². The van der Waals surface area contributed by atoms with Crippen molar-refractivity contribution in [2.45, 2.75) is 40.0 Å². The quantitative estimate of drug-likeness (QED) is 0.426. The zero-order valence-corrected chi connectivity index (χ0v) is 18.6. The molecule has 3 aromatic rings. The van der Waals surface area contributed by atoms with E-state index in [-0.39, 0.29) is 6.04 Å². The molecule has 0 fully saturated rings. The fourth-order valence-corrected chi connectivity index (χ4v) is 3.26. The lowest BCUT2D eigenvalue weighted by molar-refractivity contribution is 0.0999. The van der Waals surface area contributed by atoms with Crippen molar-refractivity contribution in [1.82, 2.24) is 14.8 Å². The normalized spacial score (nSPS) is 11.0. The number of pyridine rings is 1. The molecule has 3 rings (SSSR count). The van der Waals surface area contributed by atoms with Crippen molar-refractivity contribution in [2.75, 3.05) is 17.2 Å². The molecule has 0 saturated heterocycles. The van der Waals surface area contributed by atoms with Crippen LogP contribution in [0.3, 0.4) is 0 Å². The Kier molecular flexibility index (Phi) is 7.49. The van der Waals surface area contributed by atoms with E-state index >= 15 is 0 Å². The summed E-state index contributed by atoms with van der Waals surface area (Å²) in [5.74, 6) is 0.954. The van der Waals surface area contributed by atoms with Crippen molar-refractivity contribution >= 4 is 34.8 Å². The molecule has 0 bridgehead atoms. The van der Waals surface area contributed by atoms with Crippen LogP contribution in [0.25, 0.3) is 0 Å². The highest BCUT2D eigenvalue weighted by molar-refractivity contribution is 6.33. The summed E-state index contributed by atoms with van der Waals surface area (Å²) in [6, 6.07) is 11.1. The lowest BCUT2D eigenvalue weighted by Crippen LogP contribution is -2.15. The average Bonchev–Trinajstić information content (AvgIpc) is 3.15. The summed E-state index contributed by atoms with van der Waals surface area (Å²) >= 11 is 6.33. The molecule has 0 aliphatic carbocycles. The third kappa shape index (κ3) is 5.74. The van der Waals surface area contributed by atoms with Gasteiger partial charge in [-0.3, -0.25) is 4.79 Å². The maximum absolute atomic E-state index is 11.6. The first-order chi connectivity index (χ1) is 14.9. The van der Waals surface area contributed by atoms with E-state index in [0.29, 0.717) is 41.8 Å². The Hall–Kier alpha value is -3.10. The molecule has 0 atom stereocenters. The third-order valence-electron chi connectivity index (χ3n) is 4.59. The predicted molar refractivity (Wildman–Crippen MR) is 123 cm³/mol. The molecular formula is C22H27ClN6O2. The van der Waals surface area contributed by atoms with Gasteiger partial charge < -0.3 is 21.1 Å². The maximum Gasteiger partial charge on any atom is 0.249 e. The Balaban J connectivity index is 1.79. The molecule has 0 unspecified atom stereocenters. The van der Waals surface area contributed by atoms with Gasteiger partial charge in [0.1, 0.15) is 11.6 Å². The molecule has 8 nitrogen and oxygen atoms in total. The molecule has 0 aliphatic heterocycles. The first-order valence-electron chi connectivity index (χ1n) is 10.1. The van der Waals surface area contributed by atoms with Gasteiger partial charge >= 0.3 is 0 Å². The van der Waals surface area contributed by atoms with Crippen molar-refractivity contribution in [3.8, 4) is 0 Å². The predicted octanol–water partition coefficient (Wildman–Crippen LogP) is 4.50. The van der Waals surface area contributed by atoms with E-state index in [0.717, 1.165) is 17.1 Å². The number of halogens is 1. The van der Waals surface area contributed by atoms with Crippen LogP contribution in [0, 0.1) is 0 Å². The summed E-state index contributed by atoms with van der Waals surface area (Å²) in [5.41, 5.74) is 8.25. The van der Waals surface area contributed by atoms with Crippen molar-refractivity contribution in [3.05, 3.63) is 64.4 Å². The summed E-state index contributed by atoms with van der Waals surface area (Å²) in [5, 5.41) is 11.6. The van der Waals surface area contributed by atoms with Gasteiger partial charge in [-0.1, -0.05) is 29.8 Å². The molecule has 0 aliphatic rings. The first kappa shape index (κ1) is 22.6. The molecule has 1 aromatic carbocycles. The van der Waals surface area contributed by atoms with E-state index < -0.39 is 5.91 Å². The highest BCUT2D eigenvalue weighted by atomic mass is 35.5. The van der Waals surface area contributed by atoms with Crippen molar-refractivity contribution in [2.24, 2.45) is 5.73 Å². The molecule has 2 heterocycles. The van der Waals surface area contributed by atoms with Gasteiger partial charge in [-0.05, 0) is 32.4 Å². The van der Waals surface area contributed by atoms with Crippen LogP contribution in [0.5, 0.6) is 0 Å². The number of benzene rings is 1. The Morgan fingerprint density at radius 1 is 1.29 bits per heavy atom. The van der Waals surface area contributed by atoms with E-state index in [1.807, 2.05) is 35.9 Å². The lowest BCUT2D eigenvalue weighted by atomic mass is 10.1. The number of nitrogens with zero attached hydrogens (tertiary/aromatic N) is 3. The monoisotopic (exact) mass is 442 g/mol. The number of amides is 1. The second kappa shape index (κ2) is 10.3. The molecule has 4 N–H and O–H groups in total. The van der Waals surface area contributed by atoms with Crippen LogP contribution in [0.2, 0.25) is 5.02 Å². The number of rotatable bonds is 10. The minimum Gasteiger partial charge on any atom is -0.380 e. The smallest absolute Gasteiger partial charge is 0.249 e. The summed E-state index contributed by atoms with van der Waals surface area (Å²) in [6.45, 7) is 7.54. The van der Waals surface area contributed by atoms with E-state index in [4.69, 9.17) is 22.1 Å². The number of hydrogen-bond donors (Lipinski definition) is 3. The summed E-state index contributed by atoms with van der Waals surface area (Å²) in [6.07, 6.45) is 1.57. The van der Waals surface area contributed by atoms with Gasteiger partial charge in [0, 0.05) is 36.9 Å².